The summed E-state index contributed by atoms with van der Waals surface area (Å²) in [6, 6.07) is 9.71. The minimum atomic E-state index is -0.110. The SMILES string of the molecule is CN1C=CC(=O)C1c1ccccc1. The van der Waals surface area contributed by atoms with Gasteiger partial charge in [0.2, 0.25) is 0 Å². The minimum Gasteiger partial charge on any atom is -0.366 e. The summed E-state index contributed by atoms with van der Waals surface area (Å²) in [6.45, 7) is 0. The van der Waals surface area contributed by atoms with Crippen molar-refractivity contribution in [2.45, 2.75) is 6.04 Å². The van der Waals surface area contributed by atoms with E-state index in [1.807, 2.05) is 48.5 Å². The number of nitrogens with zero attached hydrogens (tertiary/aromatic N) is 1. The molecule has 1 aliphatic heterocycles. The number of likely N-dealkylation sites (N-methyl/N-ethyl adjacent to an activating group) is 1. The molecule has 0 bridgehead atoms. The fraction of sp³-hybridized carbons (Fsp3) is 0.182. The van der Waals surface area contributed by atoms with Gasteiger partial charge in [0, 0.05) is 13.2 Å². The highest BCUT2D eigenvalue weighted by Gasteiger charge is 2.25. The van der Waals surface area contributed by atoms with Crippen LogP contribution in [0.4, 0.5) is 0 Å². The van der Waals surface area contributed by atoms with Crippen LogP contribution < -0.4 is 0 Å². The summed E-state index contributed by atoms with van der Waals surface area (Å²) in [6.07, 6.45) is 3.44. The Morgan fingerprint density at radius 2 is 1.92 bits per heavy atom. The standard InChI is InChI=1S/C11H11NO/c1-12-8-7-10(13)11(12)9-5-3-2-4-6-9/h2-8,11H,1H3. The van der Waals surface area contributed by atoms with E-state index in [9.17, 15) is 4.79 Å². The van der Waals surface area contributed by atoms with Crippen molar-refractivity contribution in [3.05, 3.63) is 48.2 Å². The van der Waals surface area contributed by atoms with Crippen LogP contribution in [-0.2, 0) is 4.79 Å². The highest BCUT2D eigenvalue weighted by atomic mass is 16.1. The highest BCUT2D eigenvalue weighted by molar-refractivity contribution is 5.97. The summed E-state index contributed by atoms with van der Waals surface area (Å²) < 4.78 is 0. The van der Waals surface area contributed by atoms with E-state index in [0.29, 0.717) is 0 Å². The summed E-state index contributed by atoms with van der Waals surface area (Å²) in [5.74, 6) is 0.161. The van der Waals surface area contributed by atoms with E-state index < -0.39 is 0 Å². The summed E-state index contributed by atoms with van der Waals surface area (Å²) in [5.41, 5.74) is 1.06. The molecule has 0 amide bonds. The Kier molecular flexibility index (Phi) is 1.89. The largest absolute Gasteiger partial charge is 0.366 e. The number of benzene rings is 1. The molecule has 0 saturated heterocycles. The second-order valence-electron chi connectivity index (χ2n) is 3.20. The minimum absolute atomic E-state index is 0.110. The maximum atomic E-state index is 11.5. The van der Waals surface area contributed by atoms with Crippen molar-refractivity contribution < 1.29 is 4.79 Å². The second kappa shape index (κ2) is 3.05. The van der Waals surface area contributed by atoms with Gasteiger partial charge in [-0.05, 0) is 11.6 Å². The van der Waals surface area contributed by atoms with Crippen LogP contribution in [0.5, 0.6) is 0 Å². The first kappa shape index (κ1) is 8.05. The molecule has 66 valence electrons. The first-order valence-electron chi connectivity index (χ1n) is 4.28. The summed E-state index contributed by atoms with van der Waals surface area (Å²) in [4.78, 5) is 13.4. The van der Waals surface area contributed by atoms with Crippen molar-refractivity contribution in [3.8, 4) is 0 Å². The van der Waals surface area contributed by atoms with Gasteiger partial charge in [-0.3, -0.25) is 4.79 Å². The monoisotopic (exact) mass is 173 g/mol. The molecule has 2 rings (SSSR count). The Balaban J connectivity index is 2.33. The molecular weight excluding hydrogens is 162 g/mol. The van der Waals surface area contributed by atoms with Crippen molar-refractivity contribution in [2.75, 3.05) is 7.05 Å². The molecular formula is C11H11NO. The molecule has 0 N–H and O–H groups in total. The van der Waals surface area contributed by atoms with Crippen LogP contribution in [0.3, 0.4) is 0 Å². The van der Waals surface area contributed by atoms with Crippen LogP contribution in [0.1, 0.15) is 11.6 Å². The number of carbonyl (C=O) groups excluding carboxylic acids is 1. The van der Waals surface area contributed by atoms with Gasteiger partial charge >= 0.3 is 0 Å². The molecule has 0 radical (unpaired) electrons. The van der Waals surface area contributed by atoms with Crippen LogP contribution >= 0.6 is 0 Å². The van der Waals surface area contributed by atoms with Gasteiger partial charge in [0.05, 0.1) is 0 Å². The zero-order chi connectivity index (χ0) is 9.26. The van der Waals surface area contributed by atoms with Gasteiger partial charge < -0.3 is 4.90 Å². The molecule has 1 aliphatic rings. The lowest BCUT2D eigenvalue weighted by Crippen LogP contribution is -2.19. The number of ketones is 1. The lowest BCUT2D eigenvalue weighted by molar-refractivity contribution is -0.117. The van der Waals surface area contributed by atoms with Gasteiger partial charge in [0.1, 0.15) is 6.04 Å². The van der Waals surface area contributed by atoms with Crippen LogP contribution in [-0.4, -0.2) is 17.7 Å². The molecule has 0 aliphatic carbocycles. The van der Waals surface area contributed by atoms with Gasteiger partial charge in [-0.15, -0.1) is 0 Å². The molecule has 1 atom stereocenters. The van der Waals surface area contributed by atoms with E-state index >= 15 is 0 Å². The van der Waals surface area contributed by atoms with Crippen LogP contribution in [0.2, 0.25) is 0 Å². The first-order chi connectivity index (χ1) is 6.29. The topological polar surface area (TPSA) is 20.3 Å². The third-order valence-electron chi connectivity index (χ3n) is 2.27. The quantitative estimate of drug-likeness (QED) is 0.645. The fourth-order valence-corrected chi connectivity index (χ4v) is 1.60. The van der Waals surface area contributed by atoms with E-state index in [-0.39, 0.29) is 11.8 Å². The average molecular weight is 173 g/mol. The van der Waals surface area contributed by atoms with Crippen molar-refractivity contribution in [2.24, 2.45) is 0 Å². The predicted octanol–water partition coefficient (Wildman–Crippen LogP) is 1.76. The van der Waals surface area contributed by atoms with Crippen molar-refractivity contribution >= 4 is 5.78 Å². The van der Waals surface area contributed by atoms with Crippen molar-refractivity contribution in [3.63, 3.8) is 0 Å². The number of carbonyl (C=O) groups is 1. The summed E-state index contributed by atoms with van der Waals surface area (Å²) >= 11 is 0. The van der Waals surface area contributed by atoms with Crippen molar-refractivity contribution in [1.82, 2.24) is 4.90 Å². The maximum Gasteiger partial charge on any atom is 0.184 e. The van der Waals surface area contributed by atoms with E-state index in [1.165, 1.54) is 0 Å². The van der Waals surface area contributed by atoms with E-state index in [0.717, 1.165) is 5.56 Å². The van der Waals surface area contributed by atoms with E-state index in [2.05, 4.69) is 0 Å². The Labute approximate surface area is 77.5 Å². The third-order valence-corrected chi connectivity index (χ3v) is 2.27. The van der Waals surface area contributed by atoms with Crippen LogP contribution in [0, 0.1) is 0 Å². The molecule has 1 aromatic carbocycles. The zero-order valence-electron chi connectivity index (χ0n) is 7.47. The Morgan fingerprint density at radius 1 is 1.23 bits per heavy atom. The Morgan fingerprint density at radius 3 is 2.46 bits per heavy atom. The van der Waals surface area contributed by atoms with Crippen molar-refractivity contribution in [1.29, 1.82) is 0 Å². The molecule has 2 nitrogen and oxygen atoms in total. The molecule has 1 heterocycles. The summed E-state index contributed by atoms with van der Waals surface area (Å²) in [5, 5.41) is 0. The summed E-state index contributed by atoms with van der Waals surface area (Å²) in [7, 11) is 1.92. The molecule has 1 unspecified atom stereocenters. The van der Waals surface area contributed by atoms with Gasteiger partial charge in [-0.1, -0.05) is 30.3 Å². The molecule has 0 saturated carbocycles. The maximum absolute atomic E-state index is 11.5. The number of hydrogen-bond acceptors (Lipinski definition) is 2. The first-order valence-corrected chi connectivity index (χ1v) is 4.28. The fourth-order valence-electron chi connectivity index (χ4n) is 1.60. The van der Waals surface area contributed by atoms with Gasteiger partial charge in [0.25, 0.3) is 0 Å². The second-order valence-corrected chi connectivity index (χ2v) is 3.20. The molecule has 0 spiro atoms. The van der Waals surface area contributed by atoms with E-state index in [1.54, 1.807) is 6.08 Å². The zero-order valence-corrected chi connectivity index (χ0v) is 7.47. The molecule has 1 aromatic rings. The Hall–Kier alpha value is -1.57. The number of hydrogen-bond donors (Lipinski definition) is 0. The molecule has 0 aromatic heterocycles. The number of rotatable bonds is 1. The lowest BCUT2D eigenvalue weighted by Gasteiger charge is -2.19. The molecule has 2 heteroatoms. The lowest BCUT2D eigenvalue weighted by atomic mass is 10.0. The third kappa shape index (κ3) is 1.35. The molecule has 13 heavy (non-hydrogen) atoms. The Bertz CT molecular complexity index is 342. The normalized spacial score (nSPS) is 21.2. The van der Waals surface area contributed by atoms with Gasteiger partial charge in [0.15, 0.2) is 5.78 Å². The highest BCUT2D eigenvalue weighted by Crippen LogP contribution is 2.24. The molecule has 0 fully saturated rings. The van der Waals surface area contributed by atoms with Crippen LogP contribution in [0.15, 0.2) is 42.6 Å². The van der Waals surface area contributed by atoms with E-state index in [4.69, 9.17) is 0 Å². The smallest absolute Gasteiger partial charge is 0.184 e. The average Bonchev–Trinajstić information content (AvgIpc) is 2.48. The van der Waals surface area contributed by atoms with Crippen LogP contribution in [0.25, 0.3) is 0 Å². The van der Waals surface area contributed by atoms with Gasteiger partial charge in [-0.2, -0.15) is 0 Å². The van der Waals surface area contributed by atoms with Gasteiger partial charge in [-0.25, -0.2) is 0 Å². The predicted molar refractivity (Wildman–Crippen MR) is 51.1 cm³/mol.